The number of fused-ring (bicyclic) bond motifs is 1. The van der Waals surface area contributed by atoms with Gasteiger partial charge in [-0.25, -0.2) is 4.79 Å². The summed E-state index contributed by atoms with van der Waals surface area (Å²) in [5.74, 6) is -0.537. The highest BCUT2D eigenvalue weighted by atomic mass is 16.5. The molecule has 2 rings (SSSR count). The van der Waals surface area contributed by atoms with Gasteiger partial charge in [0.1, 0.15) is 0 Å². The maximum Gasteiger partial charge on any atom is 0.331 e. The van der Waals surface area contributed by atoms with E-state index in [9.17, 15) is 9.90 Å². The Labute approximate surface area is 123 Å². The lowest BCUT2D eigenvalue weighted by molar-refractivity contribution is -0.132. The van der Waals surface area contributed by atoms with E-state index in [4.69, 9.17) is 9.84 Å². The largest absolute Gasteiger partial charge is 0.504 e. The molecule has 0 aliphatic heterocycles. The molecule has 110 valence electrons. The van der Waals surface area contributed by atoms with Crippen molar-refractivity contribution >= 4 is 22.8 Å². The van der Waals surface area contributed by atoms with Crippen LogP contribution in [0.2, 0.25) is 0 Å². The summed E-state index contributed by atoms with van der Waals surface area (Å²) in [4.78, 5) is 11.0. The number of phenols is 1. The minimum absolute atomic E-state index is 0.0927. The van der Waals surface area contributed by atoms with E-state index in [0.717, 1.165) is 22.9 Å². The number of methoxy groups -OCH3 is 1. The Morgan fingerprint density at radius 3 is 2.67 bits per heavy atom. The molecule has 4 nitrogen and oxygen atoms in total. The van der Waals surface area contributed by atoms with Gasteiger partial charge in [0.25, 0.3) is 0 Å². The molecule has 0 aromatic heterocycles. The predicted octanol–water partition coefficient (Wildman–Crippen LogP) is 3.60. The van der Waals surface area contributed by atoms with Gasteiger partial charge in [-0.1, -0.05) is 25.1 Å². The minimum Gasteiger partial charge on any atom is -0.504 e. The standard InChI is InChI=1S/C17H18O4/c1-4-11-6-5-7-13-12(8-10(2)17(19)20)9-14(21-3)16(18)15(11)13/h5-9,18H,4H2,1-3H3,(H,19,20)/b10-8+. The van der Waals surface area contributed by atoms with Crippen molar-refractivity contribution in [2.45, 2.75) is 20.3 Å². The highest BCUT2D eigenvalue weighted by molar-refractivity contribution is 6.02. The van der Waals surface area contributed by atoms with E-state index in [1.54, 1.807) is 12.1 Å². The van der Waals surface area contributed by atoms with Crippen molar-refractivity contribution in [3.8, 4) is 11.5 Å². The lowest BCUT2D eigenvalue weighted by Gasteiger charge is -2.13. The van der Waals surface area contributed by atoms with Crippen LogP contribution in [0.1, 0.15) is 25.0 Å². The Kier molecular flexibility index (Phi) is 4.17. The molecular weight excluding hydrogens is 268 g/mol. The van der Waals surface area contributed by atoms with Gasteiger partial charge in [-0.3, -0.25) is 0 Å². The van der Waals surface area contributed by atoms with Crippen LogP contribution in [0.15, 0.2) is 29.8 Å². The van der Waals surface area contributed by atoms with Gasteiger partial charge in [0.15, 0.2) is 11.5 Å². The summed E-state index contributed by atoms with van der Waals surface area (Å²) in [5.41, 5.74) is 1.94. The first-order valence-electron chi connectivity index (χ1n) is 6.72. The fourth-order valence-corrected chi connectivity index (χ4v) is 2.40. The van der Waals surface area contributed by atoms with Crippen molar-refractivity contribution in [1.82, 2.24) is 0 Å². The average Bonchev–Trinajstić information content (AvgIpc) is 2.48. The molecule has 2 N–H and O–H groups in total. The Bertz CT molecular complexity index is 729. The molecule has 0 aliphatic rings. The summed E-state index contributed by atoms with van der Waals surface area (Å²) in [6.07, 6.45) is 2.35. The number of aromatic hydroxyl groups is 1. The molecule has 0 saturated heterocycles. The quantitative estimate of drug-likeness (QED) is 0.843. The van der Waals surface area contributed by atoms with E-state index in [-0.39, 0.29) is 11.3 Å². The Hall–Kier alpha value is -2.49. The molecule has 0 unspecified atom stereocenters. The first-order valence-corrected chi connectivity index (χ1v) is 6.72. The fraction of sp³-hybridized carbons (Fsp3) is 0.235. The highest BCUT2D eigenvalue weighted by Gasteiger charge is 2.14. The van der Waals surface area contributed by atoms with Crippen LogP contribution in [0.3, 0.4) is 0 Å². The molecule has 0 amide bonds. The van der Waals surface area contributed by atoms with Gasteiger partial charge >= 0.3 is 5.97 Å². The van der Waals surface area contributed by atoms with Crippen LogP contribution in [-0.2, 0) is 11.2 Å². The van der Waals surface area contributed by atoms with Crippen molar-refractivity contribution in [2.75, 3.05) is 7.11 Å². The number of carboxylic acid groups (broad SMARTS) is 1. The van der Waals surface area contributed by atoms with Crippen LogP contribution < -0.4 is 4.74 Å². The monoisotopic (exact) mass is 286 g/mol. The second-order valence-electron chi connectivity index (χ2n) is 4.84. The number of carbonyl (C=O) groups is 1. The smallest absolute Gasteiger partial charge is 0.331 e. The average molecular weight is 286 g/mol. The maximum atomic E-state index is 11.0. The van der Waals surface area contributed by atoms with Crippen LogP contribution in [-0.4, -0.2) is 23.3 Å². The van der Waals surface area contributed by atoms with Gasteiger partial charge in [0.05, 0.1) is 7.11 Å². The number of aliphatic carboxylic acids is 1. The molecule has 0 bridgehead atoms. The van der Waals surface area contributed by atoms with Crippen molar-refractivity contribution in [3.63, 3.8) is 0 Å². The van der Waals surface area contributed by atoms with Crippen LogP contribution >= 0.6 is 0 Å². The molecule has 0 heterocycles. The third-order valence-electron chi connectivity index (χ3n) is 3.53. The van der Waals surface area contributed by atoms with Crippen molar-refractivity contribution < 1.29 is 19.7 Å². The Morgan fingerprint density at radius 2 is 2.10 bits per heavy atom. The van der Waals surface area contributed by atoms with E-state index < -0.39 is 5.97 Å². The third kappa shape index (κ3) is 2.70. The molecule has 21 heavy (non-hydrogen) atoms. The summed E-state index contributed by atoms with van der Waals surface area (Å²) in [7, 11) is 1.48. The lowest BCUT2D eigenvalue weighted by atomic mass is 9.96. The van der Waals surface area contributed by atoms with Crippen LogP contribution in [0, 0.1) is 0 Å². The van der Waals surface area contributed by atoms with E-state index in [2.05, 4.69) is 0 Å². The van der Waals surface area contributed by atoms with E-state index in [1.165, 1.54) is 14.0 Å². The van der Waals surface area contributed by atoms with Gasteiger partial charge in [-0.15, -0.1) is 0 Å². The first kappa shape index (κ1) is 14.9. The first-order chi connectivity index (χ1) is 9.99. The number of benzene rings is 2. The molecule has 0 saturated carbocycles. The number of phenolic OH excluding ortho intramolecular Hbond substituents is 1. The van der Waals surface area contributed by atoms with Crippen molar-refractivity contribution in [3.05, 3.63) is 41.0 Å². The van der Waals surface area contributed by atoms with E-state index >= 15 is 0 Å². The van der Waals surface area contributed by atoms with E-state index in [1.807, 2.05) is 25.1 Å². The summed E-state index contributed by atoms with van der Waals surface area (Å²) in [5, 5.41) is 20.9. The number of hydrogen-bond donors (Lipinski definition) is 2. The summed E-state index contributed by atoms with van der Waals surface area (Å²) >= 11 is 0. The molecule has 4 heteroatoms. The zero-order valence-electron chi connectivity index (χ0n) is 12.3. The molecule has 2 aromatic carbocycles. The predicted molar refractivity (Wildman–Crippen MR) is 82.8 cm³/mol. The number of hydrogen-bond acceptors (Lipinski definition) is 3. The van der Waals surface area contributed by atoms with Gasteiger partial charge in [0.2, 0.25) is 0 Å². The molecule has 0 spiro atoms. The summed E-state index contributed by atoms with van der Waals surface area (Å²) in [6.45, 7) is 3.54. The summed E-state index contributed by atoms with van der Waals surface area (Å²) in [6, 6.07) is 7.37. The van der Waals surface area contributed by atoms with Gasteiger partial charge < -0.3 is 14.9 Å². The normalized spacial score (nSPS) is 11.7. The van der Waals surface area contributed by atoms with Crippen LogP contribution in [0.4, 0.5) is 0 Å². The Morgan fingerprint density at radius 1 is 1.38 bits per heavy atom. The van der Waals surface area contributed by atoms with Crippen LogP contribution in [0.25, 0.3) is 16.8 Å². The zero-order chi connectivity index (χ0) is 15.6. The number of rotatable bonds is 4. The van der Waals surface area contributed by atoms with Gasteiger partial charge in [-0.2, -0.15) is 0 Å². The molecule has 2 aromatic rings. The van der Waals surface area contributed by atoms with Crippen LogP contribution in [0.5, 0.6) is 11.5 Å². The van der Waals surface area contributed by atoms with Gasteiger partial charge in [-0.05, 0) is 42.0 Å². The number of carboxylic acids is 1. The zero-order valence-corrected chi connectivity index (χ0v) is 12.3. The van der Waals surface area contributed by atoms with E-state index in [0.29, 0.717) is 11.1 Å². The molecular formula is C17H18O4. The second-order valence-corrected chi connectivity index (χ2v) is 4.84. The van der Waals surface area contributed by atoms with Gasteiger partial charge in [0, 0.05) is 11.0 Å². The highest BCUT2D eigenvalue weighted by Crippen LogP contribution is 2.39. The topological polar surface area (TPSA) is 66.8 Å². The number of ether oxygens (including phenoxy) is 1. The summed E-state index contributed by atoms with van der Waals surface area (Å²) < 4.78 is 5.21. The SMILES string of the molecule is CCc1cccc2c(/C=C(\C)C(=O)O)cc(OC)c(O)c12. The van der Waals surface area contributed by atoms with Crippen molar-refractivity contribution in [1.29, 1.82) is 0 Å². The minimum atomic E-state index is -0.971. The Balaban J connectivity index is 2.86. The lowest BCUT2D eigenvalue weighted by Crippen LogP contribution is -1.97. The number of aryl methyl sites for hydroxylation is 1. The molecule has 0 aliphatic carbocycles. The molecule has 0 atom stereocenters. The second kappa shape index (κ2) is 5.87. The third-order valence-corrected chi connectivity index (χ3v) is 3.53. The van der Waals surface area contributed by atoms with Crippen molar-refractivity contribution in [2.24, 2.45) is 0 Å². The molecule has 0 fully saturated rings. The maximum absolute atomic E-state index is 11.0. The fourth-order valence-electron chi connectivity index (χ4n) is 2.40. The molecule has 0 radical (unpaired) electrons.